The van der Waals surface area contributed by atoms with E-state index >= 15 is 0 Å². The van der Waals surface area contributed by atoms with Gasteiger partial charge in [-0.3, -0.25) is 9.98 Å². The van der Waals surface area contributed by atoms with Crippen LogP contribution in [-0.4, -0.2) is 51.4 Å². The average molecular weight is 487 g/mol. The molecule has 2 aromatic carbocycles. The number of benzene rings is 2. The van der Waals surface area contributed by atoms with E-state index in [0.29, 0.717) is 18.5 Å². The molecule has 0 spiro atoms. The summed E-state index contributed by atoms with van der Waals surface area (Å²) < 4.78 is 19.6. The van der Waals surface area contributed by atoms with Crippen molar-refractivity contribution in [3.05, 3.63) is 60.7 Å². The van der Waals surface area contributed by atoms with Crippen molar-refractivity contribution in [2.24, 2.45) is 9.98 Å². The first-order chi connectivity index (χ1) is 15.3. The van der Waals surface area contributed by atoms with Crippen LogP contribution in [0.5, 0.6) is 0 Å². The normalized spacial score (nSPS) is 25.3. The predicted octanol–water partition coefficient (Wildman–Crippen LogP) is 4.37. The van der Waals surface area contributed by atoms with E-state index < -0.39 is 18.2 Å². The van der Waals surface area contributed by atoms with Gasteiger partial charge in [-0.2, -0.15) is 0 Å². The van der Waals surface area contributed by atoms with Gasteiger partial charge in [0.25, 0.3) is 0 Å². The van der Waals surface area contributed by atoms with Crippen LogP contribution in [0.1, 0.15) is 20.8 Å². The Morgan fingerprint density at radius 3 is 2.12 bits per heavy atom. The highest BCUT2D eigenvalue weighted by Gasteiger charge is 2.47. The minimum absolute atomic E-state index is 0.293. The van der Waals surface area contributed by atoms with Gasteiger partial charge in [0.2, 0.25) is 0 Å². The fourth-order valence-corrected chi connectivity index (χ4v) is 9.41. The molecule has 5 nitrogen and oxygen atoms in total. The Kier molecular flexibility index (Phi) is 6.71. The van der Waals surface area contributed by atoms with Gasteiger partial charge in [-0.15, -0.1) is 23.5 Å². The third-order valence-corrected chi connectivity index (χ3v) is 11.6. The number of hydrogen-bond acceptors (Lipinski definition) is 7. The van der Waals surface area contributed by atoms with Gasteiger partial charge < -0.3 is 9.30 Å². The summed E-state index contributed by atoms with van der Waals surface area (Å²) in [5.41, 5.74) is -1.39. The minimum Gasteiger partial charge on any atom is -0.464 e. The van der Waals surface area contributed by atoms with Crippen LogP contribution in [0.4, 0.5) is 0 Å². The molecule has 0 fully saturated rings. The van der Waals surface area contributed by atoms with Gasteiger partial charge >= 0.3 is 5.97 Å². The minimum atomic E-state index is -2.88. The quantitative estimate of drug-likeness (QED) is 0.429. The summed E-state index contributed by atoms with van der Waals surface area (Å²) in [7, 11) is -2.88. The number of ether oxygens (including phenoxy) is 1. The Labute approximate surface area is 197 Å². The summed E-state index contributed by atoms with van der Waals surface area (Å²) in [6.07, 6.45) is 0.383. The van der Waals surface area contributed by atoms with Gasteiger partial charge in [0.15, 0.2) is 5.54 Å². The van der Waals surface area contributed by atoms with E-state index in [2.05, 4.69) is 0 Å². The Morgan fingerprint density at radius 1 is 0.969 bits per heavy atom. The van der Waals surface area contributed by atoms with Gasteiger partial charge in [-0.1, -0.05) is 60.7 Å². The summed E-state index contributed by atoms with van der Waals surface area (Å²) in [5.74, 6) is 0.980. The Balaban J connectivity index is 1.64. The molecule has 0 amide bonds. The van der Waals surface area contributed by atoms with E-state index in [9.17, 15) is 9.36 Å². The SMILES string of the molecule is CCOC(=O)[C@]1(C)CSC([C@]2(C)CSC(CP(=O)(c3ccccc3)c3ccccc3)=N2)=N1. The maximum Gasteiger partial charge on any atom is 0.334 e. The van der Waals surface area contributed by atoms with Crippen LogP contribution in [-0.2, 0) is 14.1 Å². The molecule has 2 heterocycles. The smallest absolute Gasteiger partial charge is 0.334 e. The molecule has 0 saturated carbocycles. The lowest BCUT2D eigenvalue weighted by Gasteiger charge is -2.20. The molecule has 168 valence electrons. The second kappa shape index (κ2) is 9.20. The van der Waals surface area contributed by atoms with Crippen LogP contribution in [0.2, 0.25) is 0 Å². The van der Waals surface area contributed by atoms with Crippen molar-refractivity contribution in [2.75, 3.05) is 24.3 Å². The number of carbonyl (C=O) groups is 1. The van der Waals surface area contributed by atoms with Crippen molar-refractivity contribution in [1.82, 2.24) is 0 Å². The van der Waals surface area contributed by atoms with Crippen LogP contribution < -0.4 is 10.6 Å². The Hall–Kier alpha value is -1.82. The van der Waals surface area contributed by atoms with E-state index in [1.807, 2.05) is 74.5 Å². The molecule has 2 aromatic rings. The van der Waals surface area contributed by atoms with Gasteiger partial charge in [0, 0.05) is 22.1 Å². The summed E-state index contributed by atoms with van der Waals surface area (Å²) in [6, 6.07) is 19.4. The number of nitrogens with zero attached hydrogens (tertiary/aromatic N) is 2. The predicted molar refractivity (Wildman–Crippen MR) is 138 cm³/mol. The fraction of sp³-hybridized carbons (Fsp3) is 0.375. The van der Waals surface area contributed by atoms with E-state index in [4.69, 9.17) is 14.7 Å². The van der Waals surface area contributed by atoms with Crippen molar-refractivity contribution in [3.8, 4) is 0 Å². The van der Waals surface area contributed by atoms with Gasteiger partial charge in [-0.05, 0) is 20.8 Å². The number of aliphatic imine (C=N–C) groups is 2. The van der Waals surface area contributed by atoms with Crippen LogP contribution in [0.25, 0.3) is 0 Å². The molecule has 0 aromatic heterocycles. The number of thioether (sulfide) groups is 2. The van der Waals surface area contributed by atoms with Crippen molar-refractivity contribution in [2.45, 2.75) is 31.8 Å². The Morgan fingerprint density at radius 2 is 1.56 bits per heavy atom. The number of hydrogen-bond donors (Lipinski definition) is 0. The zero-order valence-corrected chi connectivity index (χ0v) is 21.0. The van der Waals surface area contributed by atoms with Crippen LogP contribution in [0, 0.1) is 0 Å². The highest BCUT2D eigenvalue weighted by atomic mass is 32.2. The third-order valence-electron chi connectivity index (χ3n) is 5.61. The zero-order chi connectivity index (χ0) is 22.8. The molecule has 2 aliphatic heterocycles. The zero-order valence-electron chi connectivity index (χ0n) is 18.5. The lowest BCUT2D eigenvalue weighted by atomic mass is 10.0. The highest BCUT2D eigenvalue weighted by Crippen LogP contribution is 2.47. The number of carbonyl (C=O) groups excluding carboxylic acids is 1. The van der Waals surface area contributed by atoms with Crippen LogP contribution in [0.15, 0.2) is 70.6 Å². The molecule has 2 atom stereocenters. The standard InChI is InChI=1S/C24H27N2O3PS2/c1-4-29-22(27)24(3)17-32-21(26-24)23(2)16-31-20(25-23)15-30(28,18-11-7-5-8-12-18)19-13-9-6-10-14-19/h5-14H,4,15-17H2,1-3H3/t23-,24-/m0/s1. The molecular weight excluding hydrogens is 459 g/mol. The van der Waals surface area contributed by atoms with E-state index in [1.54, 1.807) is 30.4 Å². The lowest BCUT2D eigenvalue weighted by Crippen LogP contribution is -2.36. The molecule has 8 heteroatoms. The van der Waals surface area contributed by atoms with Gasteiger partial charge in [-0.25, -0.2) is 4.79 Å². The largest absolute Gasteiger partial charge is 0.464 e. The fourth-order valence-electron chi connectivity index (χ4n) is 3.78. The summed E-state index contributed by atoms with van der Waals surface area (Å²) in [4.78, 5) is 22.1. The van der Waals surface area contributed by atoms with Crippen molar-refractivity contribution >= 4 is 57.3 Å². The molecule has 0 saturated heterocycles. The van der Waals surface area contributed by atoms with E-state index in [0.717, 1.165) is 26.4 Å². The topological polar surface area (TPSA) is 68.1 Å². The molecule has 0 N–H and O–H groups in total. The van der Waals surface area contributed by atoms with Gasteiger partial charge in [0.1, 0.15) is 12.7 Å². The maximum absolute atomic E-state index is 14.4. The van der Waals surface area contributed by atoms with Crippen LogP contribution in [0.3, 0.4) is 0 Å². The second-order valence-corrected chi connectivity index (χ2v) is 13.2. The first kappa shape index (κ1) is 23.3. The summed E-state index contributed by atoms with van der Waals surface area (Å²) >= 11 is 3.21. The monoisotopic (exact) mass is 486 g/mol. The van der Waals surface area contributed by atoms with Crippen molar-refractivity contribution < 1.29 is 14.1 Å². The maximum atomic E-state index is 14.4. The molecule has 0 aliphatic carbocycles. The summed E-state index contributed by atoms with van der Waals surface area (Å²) in [5, 5.41) is 3.40. The van der Waals surface area contributed by atoms with Crippen molar-refractivity contribution in [1.29, 1.82) is 0 Å². The first-order valence-corrected chi connectivity index (χ1v) is 14.5. The molecule has 0 unspecified atom stereocenters. The van der Waals surface area contributed by atoms with E-state index in [1.165, 1.54) is 0 Å². The molecule has 0 radical (unpaired) electrons. The molecule has 4 rings (SSSR count). The van der Waals surface area contributed by atoms with Gasteiger partial charge in [0.05, 0.1) is 22.9 Å². The molecular formula is C24H27N2O3PS2. The van der Waals surface area contributed by atoms with E-state index in [-0.39, 0.29) is 5.97 Å². The average Bonchev–Trinajstić information content (AvgIpc) is 3.40. The molecule has 2 aliphatic rings. The highest BCUT2D eigenvalue weighted by molar-refractivity contribution is 8.16. The second-order valence-electron chi connectivity index (χ2n) is 8.34. The number of esters is 1. The molecule has 32 heavy (non-hydrogen) atoms. The lowest BCUT2D eigenvalue weighted by molar-refractivity contribution is -0.147. The Bertz CT molecular complexity index is 1060. The summed E-state index contributed by atoms with van der Waals surface area (Å²) in [6.45, 7) is 6.01. The molecule has 0 bridgehead atoms. The van der Waals surface area contributed by atoms with Crippen LogP contribution >= 0.6 is 30.7 Å². The number of rotatable bonds is 7. The third kappa shape index (κ3) is 4.48. The van der Waals surface area contributed by atoms with Crippen molar-refractivity contribution in [3.63, 3.8) is 0 Å². The first-order valence-electron chi connectivity index (χ1n) is 10.6.